The molecular weight excluding hydrogens is 232 g/mol. The van der Waals surface area contributed by atoms with Crippen LogP contribution in [0.25, 0.3) is 0 Å². The summed E-state index contributed by atoms with van der Waals surface area (Å²) in [6.45, 7) is 2.13. The Morgan fingerprint density at radius 2 is 1.68 bits per heavy atom. The lowest BCUT2D eigenvalue weighted by atomic mass is 9.74. The highest BCUT2D eigenvalue weighted by Crippen LogP contribution is 2.35. The minimum atomic E-state index is 0.198. The van der Waals surface area contributed by atoms with Crippen molar-refractivity contribution >= 4 is 0 Å². The first kappa shape index (κ1) is 14.5. The Morgan fingerprint density at radius 3 is 2.21 bits per heavy atom. The fraction of sp³-hybridized carbons (Fsp3) is 0.647. The number of rotatable bonds is 4. The van der Waals surface area contributed by atoms with Crippen LogP contribution in [0.1, 0.15) is 43.2 Å². The number of nitrogens with two attached hydrogens (primary N) is 1. The molecule has 0 saturated heterocycles. The molecule has 0 amide bonds. The molecule has 2 heteroatoms. The summed E-state index contributed by atoms with van der Waals surface area (Å²) in [4.78, 5) is 2.38. The maximum Gasteiger partial charge on any atom is 0.0357 e. The number of hydrogen-bond acceptors (Lipinski definition) is 2. The average Bonchev–Trinajstić information content (AvgIpc) is 2.42. The third kappa shape index (κ3) is 3.18. The van der Waals surface area contributed by atoms with E-state index in [1.165, 1.54) is 43.2 Å². The molecule has 1 unspecified atom stereocenters. The van der Waals surface area contributed by atoms with E-state index in [1.807, 2.05) is 0 Å². The predicted octanol–water partition coefficient (Wildman–Crippen LogP) is 3.13. The van der Waals surface area contributed by atoms with E-state index in [2.05, 4.69) is 50.2 Å². The summed E-state index contributed by atoms with van der Waals surface area (Å²) in [5.41, 5.74) is 9.49. The normalized spacial score (nSPS) is 20.5. The van der Waals surface area contributed by atoms with E-state index in [0.29, 0.717) is 0 Å². The van der Waals surface area contributed by atoms with Gasteiger partial charge in [-0.15, -0.1) is 0 Å². The minimum absolute atomic E-state index is 0.198. The molecule has 106 valence electrons. The van der Waals surface area contributed by atoms with E-state index in [4.69, 9.17) is 5.73 Å². The van der Waals surface area contributed by atoms with Crippen molar-refractivity contribution in [1.82, 2.24) is 4.90 Å². The van der Waals surface area contributed by atoms with Crippen LogP contribution in [0.2, 0.25) is 0 Å². The third-order valence-electron chi connectivity index (χ3n) is 4.88. The topological polar surface area (TPSA) is 29.3 Å². The van der Waals surface area contributed by atoms with E-state index in [9.17, 15) is 0 Å². The number of benzene rings is 1. The van der Waals surface area contributed by atoms with Gasteiger partial charge in [0, 0.05) is 11.6 Å². The van der Waals surface area contributed by atoms with Crippen LogP contribution in [-0.2, 0) is 6.42 Å². The van der Waals surface area contributed by atoms with Crippen molar-refractivity contribution < 1.29 is 0 Å². The molecule has 2 rings (SSSR count). The number of hydrogen-bond donors (Lipinski definition) is 1. The summed E-state index contributed by atoms with van der Waals surface area (Å²) in [5, 5.41) is 0. The summed E-state index contributed by atoms with van der Waals surface area (Å²) in [5.74, 6) is 0. The van der Waals surface area contributed by atoms with Crippen LogP contribution in [0.15, 0.2) is 24.3 Å². The van der Waals surface area contributed by atoms with Gasteiger partial charge in [-0.25, -0.2) is 0 Å². The third-order valence-corrected chi connectivity index (χ3v) is 4.88. The maximum absolute atomic E-state index is 6.61. The Morgan fingerprint density at radius 1 is 1.11 bits per heavy atom. The van der Waals surface area contributed by atoms with Gasteiger partial charge in [0.15, 0.2) is 0 Å². The van der Waals surface area contributed by atoms with Crippen LogP contribution >= 0.6 is 0 Å². The quantitative estimate of drug-likeness (QED) is 0.901. The second-order valence-electron chi connectivity index (χ2n) is 6.35. The lowest BCUT2D eigenvalue weighted by molar-refractivity contribution is 0.0716. The molecule has 2 N–H and O–H groups in total. The van der Waals surface area contributed by atoms with Gasteiger partial charge in [-0.1, -0.05) is 49.1 Å². The largest absolute Gasteiger partial charge is 0.326 e. The lowest BCUT2D eigenvalue weighted by Crippen LogP contribution is -2.59. The van der Waals surface area contributed by atoms with E-state index in [-0.39, 0.29) is 11.6 Å². The Balaban J connectivity index is 2.11. The Hall–Kier alpha value is -0.860. The highest BCUT2D eigenvalue weighted by Gasteiger charge is 2.39. The van der Waals surface area contributed by atoms with Crippen molar-refractivity contribution in [2.45, 2.75) is 57.0 Å². The molecule has 0 aromatic heterocycles. The monoisotopic (exact) mass is 260 g/mol. The Labute approximate surface area is 118 Å². The zero-order chi connectivity index (χ0) is 13.9. The van der Waals surface area contributed by atoms with Crippen LogP contribution in [0.3, 0.4) is 0 Å². The SMILES string of the molecule is Cc1ccc(CC(N)C2(N(C)C)CCCCC2)cc1. The van der Waals surface area contributed by atoms with Crippen molar-refractivity contribution in [3.8, 4) is 0 Å². The molecule has 0 heterocycles. The molecular formula is C17H28N2. The molecule has 1 aliphatic carbocycles. The van der Waals surface area contributed by atoms with Crippen molar-refractivity contribution in [2.24, 2.45) is 5.73 Å². The van der Waals surface area contributed by atoms with Crippen molar-refractivity contribution in [1.29, 1.82) is 0 Å². The molecule has 1 aliphatic rings. The van der Waals surface area contributed by atoms with Gasteiger partial charge in [-0.3, -0.25) is 0 Å². The van der Waals surface area contributed by atoms with Crippen LogP contribution in [0.5, 0.6) is 0 Å². The zero-order valence-electron chi connectivity index (χ0n) is 12.7. The molecule has 1 atom stereocenters. The molecule has 1 aromatic carbocycles. The molecule has 0 aliphatic heterocycles. The number of likely N-dealkylation sites (N-methyl/N-ethyl adjacent to an activating group) is 1. The van der Waals surface area contributed by atoms with Gasteiger partial charge in [-0.05, 0) is 45.8 Å². The van der Waals surface area contributed by atoms with E-state index in [0.717, 1.165) is 6.42 Å². The Bertz CT molecular complexity index is 388. The summed E-state index contributed by atoms with van der Waals surface area (Å²) in [6.07, 6.45) is 7.48. The van der Waals surface area contributed by atoms with Crippen molar-refractivity contribution in [2.75, 3.05) is 14.1 Å². The molecule has 19 heavy (non-hydrogen) atoms. The number of aryl methyl sites for hydroxylation is 1. The maximum atomic E-state index is 6.61. The van der Waals surface area contributed by atoms with Crippen LogP contribution in [0, 0.1) is 6.92 Å². The first-order chi connectivity index (χ1) is 9.04. The predicted molar refractivity (Wildman–Crippen MR) is 82.4 cm³/mol. The summed E-state index contributed by atoms with van der Waals surface area (Å²) < 4.78 is 0. The lowest BCUT2D eigenvalue weighted by Gasteiger charge is -2.47. The molecule has 0 bridgehead atoms. The van der Waals surface area contributed by atoms with Gasteiger partial charge in [-0.2, -0.15) is 0 Å². The smallest absolute Gasteiger partial charge is 0.0357 e. The molecule has 1 fully saturated rings. The van der Waals surface area contributed by atoms with Gasteiger partial charge in [0.1, 0.15) is 0 Å². The molecule has 1 aromatic rings. The molecule has 2 nitrogen and oxygen atoms in total. The summed E-state index contributed by atoms with van der Waals surface area (Å²) in [6, 6.07) is 9.05. The second kappa shape index (κ2) is 6.06. The molecule has 0 spiro atoms. The van der Waals surface area contributed by atoms with Gasteiger partial charge in [0.25, 0.3) is 0 Å². The fourth-order valence-corrected chi connectivity index (χ4v) is 3.48. The highest BCUT2D eigenvalue weighted by atomic mass is 15.2. The van der Waals surface area contributed by atoms with Gasteiger partial charge < -0.3 is 10.6 Å². The highest BCUT2D eigenvalue weighted by molar-refractivity contribution is 5.23. The fourth-order valence-electron chi connectivity index (χ4n) is 3.48. The van der Waals surface area contributed by atoms with Crippen LogP contribution in [-0.4, -0.2) is 30.6 Å². The minimum Gasteiger partial charge on any atom is -0.326 e. The average molecular weight is 260 g/mol. The van der Waals surface area contributed by atoms with Gasteiger partial charge >= 0.3 is 0 Å². The van der Waals surface area contributed by atoms with E-state index in [1.54, 1.807) is 0 Å². The number of nitrogens with zero attached hydrogens (tertiary/aromatic N) is 1. The second-order valence-corrected chi connectivity index (χ2v) is 6.35. The van der Waals surface area contributed by atoms with Gasteiger partial charge in [0.2, 0.25) is 0 Å². The standard InChI is InChI=1S/C17H28N2/c1-14-7-9-15(10-8-14)13-16(18)17(19(2)3)11-5-4-6-12-17/h7-10,16H,4-6,11-13,18H2,1-3H3. The summed E-state index contributed by atoms with van der Waals surface area (Å²) >= 11 is 0. The Kier molecular flexibility index (Phi) is 4.64. The van der Waals surface area contributed by atoms with E-state index < -0.39 is 0 Å². The molecule has 0 radical (unpaired) electrons. The van der Waals surface area contributed by atoms with Crippen LogP contribution in [0.4, 0.5) is 0 Å². The zero-order valence-corrected chi connectivity index (χ0v) is 12.7. The molecule has 1 saturated carbocycles. The van der Waals surface area contributed by atoms with Gasteiger partial charge in [0.05, 0.1) is 0 Å². The summed E-state index contributed by atoms with van der Waals surface area (Å²) in [7, 11) is 4.39. The van der Waals surface area contributed by atoms with E-state index >= 15 is 0 Å². The van der Waals surface area contributed by atoms with Crippen molar-refractivity contribution in [3.05, 3.63) is 35.4 Å². The first-order valence-corrected chi connectivity index (χ1v) is 7.53. The van der Waals surface area contributed by atoms with Crippen molar-refractivity contribution in [3.63, 3.8) is 0 Å². The van der Waals surface area contributed by atoms with Crippen LogP contribution < -0.4 is 5.73 Å². The first-order valence-electron chi connectivity index (χ1n) is 7.53.